The lowest BCUT2D eigenvalue weighted by atomic mass is 10.0. The zero-order valence-corrected chi connectivity index (χ0v) is 19.5. The first-order chi connectivity index (χ1) is 16.4. The minimum absolute atomic E-state index is 0.240. The average molecular weight is 494 g/mol. The first kappa shape index (κ1) is 22.3. The maximum absolute atomic E-state index is 12.9. The Hall–Kier alpha value is -3.46. The molecule has 5 rings (SSSR count). The molecule has 4 aromatic rings. The Bertz CT molecular complexity index is 1480. The van der Waals surface area contributed by atoms with Gasteiger partial charge in [0.15, 0.2) is 5.94 Å². The van der Waals surface area contributed by atoms with Crippen molar-refractivity contribution in [2.24, 2.45) is 0 Å². The number of amides is 1. The number of ether oxygens (including phenoxy) is 1. The molecular weight excluding hydrogens is 474 g/mol. The predicted octanol–water partition coefficient (Wildman–Crippen LogP) is 4.93. The largest absolute Gasteiger partial charge is 0.362 e. The Morgan fingerprint density at radius 1 is 1.03 bits per heavy atom. The van der Waals surface area contributed by atoms with Gasteiger partial charge in [0.25, 0.3) is 15.9 Å². The second-order valence-electron chi connectivity index (χ2n) is 7.79. The topological polar surface area (TPSA) is 88.6 Å². The van der Waals surface area contributed by atoms with E-state index in [0.29, 0.717) is 34.1 Å². The van der Waals surface area contributed by atoms with Gasteiger partial charge in [-0.05, 0) is 53.9 Å². The van der Waals surface area contributed by atoms with Crippen molar-refractivity contribution in [1.82, 2.24) is 4.98 Å². The highest BCUT2D eigenvalue weighted by Crippen LogP contribution is 2.34. The Kier molecular flexibility index (Phi) is 5.95. The van der Waals surface area contributed by atoms with Crippen molar-refractivity contribution in [2.45, 2.75) is 0 Å². The van der Waals surface area contributed by atoms with E-state index in [1.807, 2.05) is 30.3 Å². The number of aromatic nitrogens is 1. The maximum atomic E-state index is 12.9. The summed E-state index contributed by atoms with van der Waals surface area (Å²) in [5.41, 5.74) is 2.91. The summed E-state index contributed by atoms with van der Waals surface area (Å²) in [6.07, 6.45) is 1.73. The van der Waals surface area contributed by atoms with E-state index in [1.165, 1.54) is 4.31 Å². The number of nitrogens with zero attached hydrogens (tertiary/aromatic N) is 2. The molecule has 0 aliphatic carbocycles. The smallest absolute Gasteiger partial charge is 0.259 e. The van der Waals surface area contributed by atoms with Gasteiger partial charge in [-0.25, -0.2) is 8.42 Å². The van der Waals surface area contributed by atoms with E-state index in [0.717, 1.165) is 16.5 Å². The van der Waals surface area contributed by atoms with Gasteiger partial charge < -0.3 is 10.1 Å². The number of benzene rings is 3. The molecule has 0 bridgehead atoms. The van der Waals surface area contributed by atoms with Gasteiger partial charge in [-0.3, -0.25) is 14.1 Å². The van der Waals surface area contributed by atoms with Gasteiger partial charge in [-0.2, -0.15) is 0 Å². The number of carbonyl (C=O) groups is 1. The molecular formula is C25H20ClN3O4S. The second-order valence-corrected chi connectivity index (χ2v) is 10.0. The number of carbonyl (C=O) groups excluding carboxylic acids is 1. The number of fused-ring (bicyclic) bond motifs is 1. The number of halogens is 1. The number of hydrogen-bond donors (Lipinski definition) is 1. The fourth-order valence-electron chi connectivity index (χ4n) is 3.91. The summed E-state index contributed by atoms with van der Waals surface area (Å²) in [5, 5.41) is 5.41. The Balaban J connectivity index is 1.39. The maximum Gasteiger partial charge on any atom is 0.259 e. The summed E-state index contributed by atoms with van der Waals surface area (Å²) in [5.74, 6) is -0.671. The number of rotatable bonds is 4. The fraction of sp³-hybridized carbons (Fsp3) is 0.120. The van der Waals surface area contributed by atoms with Crippen LogP contribution >= 0.6 is 11.6 Å². The lowest BCUT2D eigenvalue weighted by Crippen LogP contribution is -2.41. The van der Waals surface area contributed by atoms with E-state index in [9.17, 15) is 13.2 Å². The third-order valence-corrected chi connectivity index (χ3v) is 7.44. The minimum atomic E-state index is -3.52. The summed E-state index contributed by atoms with van der Waals surface area (Å²) in [7, 11) is -3.52. The monoisotopic (exact) mass is 493 g/mol. The van der Waals surface area contributed by atoms with E-state index in [2.05, 4.69) is 10.3 Å². The molecule has 172 valence electrons. The van der Waals surface area contributed by atoms with Crippen LogP contribution in [0.25, 0.3) is 22.0 Å². The van der Waals surface area contributed by atoms with Crippen molar-refractivity contribution in [3.8, 4) is 11.3 Å². The Morgan fingerprint density at radius 2 is 1.82 bits per heavy atom. The van der Waals surface area contributed by atoms with Crippen LogP contribution in [0.15, 0.2) is 79.0 Å². The zero-order chi connectivity index (χ0) is 23.7. The van der Waals surface area contributed by atoms with Gasteiger partial charge >= 0.3 is 0 Å². The van der Waals surface area contributed by atoms with Crippen LogP contribution in [0, 0.1) is 0 Å². The minimum Gasteiger partial charge on any atom is -0.362 e. The highest BCUT2D eigenvalue weighted by atomic mass is 35.5. The highest BCUT2D eigenvalue weighted by Gasteiger charge is 2.26. The molecule has 0 radical (unpaired) electrons. The van der Waals surface area contributed by atoms with Gasteiger partial charge in [-0.1, -0.05) is 35.9 Å². The van der Waals surface area contributed by atoms with Crippen LogP contribution in [0.4, 0.5) is 11.4 Å². The number of anilines is 2. The second kappa shape index (κ2) is 9.06. The van der Waals surface area contributed by atoms with Crippen molar-refractivity contribution in [1.29, 1.82) is 0 Å². The molecule has 1 saturated heterocycles. The van der Waals surface area contributed by atoms with E-state index in [4.69, 9.17) is 16.3 Å². The van der Waals surface area contributed by atoms with E-state index < -0.39 is 10.0 Å². The van der Waals surface area contributed by atoms with Gasteiger partial charge in [0, 0.05) is 28.4 Å². The lowest BCUT2D eigenvalue weighted by Gasteiger charge is -2.28. The van der Waals surface area contributed by atoms with Crippen LogP contribution < -0.4 is 9.62 Å². The lowest BCUT2D eigenvalue weighted by molar-refractivity contribution is 0.102. The molecule has 0 saturated carbocycles. The molecule has 1 amide bonds. The number of pyridine rings is 1. The van der Waals surface area contributed by atoms with Crippen LogP contribution in [0.1, 0.15) is 10.4 Å². The van der Waals surface area contributed by atoms with Crippen LogP contribution in [0.3, 0.4) is 0 Å². The summed E-state index contributed by atoms with van der Waals surface area (Å²) >= 11 is 6.48. The number of hydrogen-bond acceptors (Lipinski definition) is 5. The highest BCUT2D eigenvalue weighted by molar-refractivity contribution is 7.92. The third-order valence-electron chi connectivity index (χ3n) is 5.58. The molecule has 1 aromatic heterocycles. The van der Waals surface area contributed by atoms with E-state index >= 15 is 0 Å². The molecule has 1 aliphatic rings. The molecule has 34 heavy (non-hydrogen) atoms. The van der Waals surface area contributed by atoms with Crippen LogP contribution in [-0.2, 0) is 14.8 Å². The summed E-state index contributed by atoms with van der Waals surface area (Å²) < 4.78 is 30.7. The first-order valence-electron chi connectivity index (χ1n) is 10.6. The molecule has 7 nitrogen and oxygen atoms in total. The first-order valence-corrected chi connectivity index (χ1v) is 12.5. The molecule has 2 heterocycles. The van der Waals surface area contributed by atoms with Gasteiger partial charge in [0.2, 0.25) is 0 Å². The van der Waals surface area contributed by atoms with Crippen molar-refractivity contribution < 1.29 is 17.9 Å². The Labute approximate surface area is 202 Å². The molecule has 1 fully saturated rings. The van der Waals surface area contributed by atoms with Crippen molar-refractivity contribution in [2.75, 3.05) is 28.7 Å². The quantitative estimate of drug-likeness (QED) is 0.435. The van der Waals surface area contributed by atoms with E-state index in [1.54, 1.807) is 48.7 Å². The fourth-order valence-corrected chi connectivity index (χ4v) is 5.36. The van der Waals surface area contributed by atoms with Crippen molar-refractivity contribution in [3.63, 3.8) is 0 Å². The SMILES string of the molecule is O=C(Nc1ccc(Cl)c(-c2nccc3ccccc23)c1)c1ccc(N2CCOCS2(=O)=O)cc1. The molecule has 1 N–H and O–H groups in total. The average Bonchev–Trinajstić information content (AvgIpc) is 2.85. The van der Waals surface area contributed by atoms with Gasteiger partial charge in [0.1, 0.15) is 0 Å². The van der Waals surface area contributed by atoms with Gasteiger partial charge in [0.05, 0.1) is 29.6 Å². The molecule has 0 unspecified atom stereocenters. The van der Waals surface area contributed by atoms with Crippen LogP contribution in [0.2, 0.25) is 5.02 Å². The molecule has 1 aliphatic heterocycles. The summed E-state index contributed by atoms with van der Waals surface area (Å²) in [6, 6.07) is 21.5. The molecule has 0 atom stereocenters. The molecule has 3 aromatic carbocycles. The Morgan fingerprint density at radius 3 is 2.62 bits per heavy atom. The van der Waals surface area contributed by atoms with Crippen LogP contribution in [-0.4, -0.2) is 38.4 Å². The van der Waals surface area contributed by atoms with Crippen molar-refractivity contribution >= 4 is 49.7 Å². The third kappa shape index (κ3) is 4.35. The van der Waals surface area contributed by atoms with E-state index in [-0.39, 0.29) is 18.4 Å². The van der Waals surface area contributed by atoms with Gasteiger partial charge in [-0.15, -0.1) is 0 Å². The van der Waals surface area contributed by atoms with Crippen LogP contribution in [0.5, 0.6) is 0 Å². The van der Waals surface area contributed by atoms with Crippen molar-refractivity contribution in [3.05, 3.63) is 89.6 Å². The normalized spacial score (nSPS) is 15.3. The molecule has 9 heteroatoms. The number of nitrogens with one attached hydrogen (secondary N) is 1. The standard InChI is InChI=1S/C25H20ClN3O4S/c26-23-10-7-19(15-22(23)24-21-4-2-1-3-17(21)11-12-27-24)28-25(30)18-5-8-20(9-6-18)29-13-14-33-16-34(29,31)32/h1-12,15H,13-14,16H2,(H,28,30). The predicted molar refractivity (Wildman–Crippen MR) is 134 cm³/mol. The number of sulfonamides is 1. The summed E-state index contributed by atoms with van der Waals surface area (Å²) in [6.45, 7) is 0.565. The summed E-state index contributed by atoms with van der Waals surface area (Å²) in [4.78, 5) is 17.4. The molecule has 0 spiro atoms. The zero-order valence-electron chi connectivity index (χ0n) is 17.9.